The number of phenolic OH excluding ortho intramolecular Hbond substituents is 1. The third-order valence-electron chi connectivity index (χ3n) is 4.19. The summed E-state index contributed by atoms with van der Waals surface area (Å²) in [7, 11) is 1.68. The van der Waals surface area contributed by atoms with E-state index < -0.39 is 0 Å². The fraction of sp³-hybridized carbons (Fsp3) is 0.647. The van der Waals surface area contributed by atoms with Crippen molar-refractivity contribution in [3.63, 3.8) is 0 Å². The van der Waals surface area contributed by atoms with E-state index in [2.05, 4.69) is 24.1 Å². The maximum absolute atomic E-state index is 9.68. The number of nitrogens with zero attached hydrogens (tertiary/aromatic N) is 1. The zero-order valence-electron chi connectivity index (χ0n) is 13.4. The van der Waals surface area contributed by atoms with Crippen molar-refractivity contribution in [2.75, 3.05) is 33.3 Å². The highest BCUT2D eigenvalue weighted by atomic mass is 16.5. The molecule has 0 radical (unpaired) electrons. The lowest BCUT2D eigenvalue weighted by atomic mass is 9.95. The largest absolute Gasteiger partial charge is 0.508 e. The quantitative estimate of drug-likeness (QED) is 0.846. The topological polar surface area (TPSA) is 44.7 Å². The number of aromatic hydroxyl groups is 1. The predicted molar refractivity (Wildman–Crippen MR) is 85.9 cm³/mol. The molecule has 0 spiro atoms. The first-order valence-corrected chi connectivity index (χ1v) is 7.93. The van der Waals surface area contributed by atoms with Gasteiger partial charge in [-0.15, -0.1) is 0 Å². The van der Waals surface area contributed by atoms with Crippen molar-refractivity contribution < 1.29 is 9.84 Å². The summed E-state index contributed by atoms with van der Waals surface area (Å²) in [6.45, 7) is 8.74. The first-order chi connectivity index (χ1) is 10.1. The minimum absolute atomic E-state index is 0.263. The second-order valence-electron chi connectivity index (χ2n) is 6.20. The summed E-state index contributed by atoms with van der Waals surface area (Å²) >= 11 is 0. The summed E-state index contributed by atoms with van der Waals surface area (Å²) in [6, 6.07) is 5.87. The van der Waals surface area contributed by atoms with Gasteiger partial charge in [0, 0.05) is 43.9 Å². The van der Waals surface area contributed by atoms with Gasteiger partial charge in [0.15, 0.2) is 0 Å². The fourth-order valence-corrected chi connectivity index (χ4v) is 2.99. The van der Waals surface area contributed by atoms with Crippen LogP contribution in [0.25, 0.3) is 0 Å². The molecule has 21 heavy (non-hydrogen) atoms. The number of rotatable bonds is 6. The van der Waals surface area contributed by atoms with E-state index in [1.807, 2.05) is 6.07 Å². The average Bonchev–Trinajstić information content (AvgIpc) is 2.49. The van der Waals surface area contributed by atoms with Gasteiger partial charge in [-0.25, -0.2) is 0 Å². The highest BCUT2D eigenvalue weighted by Gasteiger charge is 2.25. The van der Waals surface area contributed by atoms with Crippen LogP contribution in [-0.4, -0.2) is 43.3 Å². The maximum atomic E-state index is 9.68. The highest BCUT2D eigenvalue weighted by molar-refractivity contribution is 5.42. The molecule has 2 rings (SSSR count). The predicted octanol–water partition coefficient (Wildman–Crippen LogP) is 2.78. The Bertz CT molecular complexity index is 442. The first-order valence-electron chi connectivity index (χ1n) is 7.93. The summed E-state index contributed by atoms with van der Waals surface area (Å²) in [6.07, 6.45) is 2.32. The third-order valence-corrected chi connectivity index (χ3v) is 4.19. The van der Waals surface area contributed by atoms with Crippen LogP contribution in [0, 0.1) is 5.92 Å². The van der Waals surface area contributed by atoms with Gasteiger partial charge < -0.3 is 15.2 Å². The van der Waals surface area contributed by atoms with Gasteiger partial charge in [-0.2, -0.15) is 0 Å². The standard InChI is InChI=1S/C17H28N2O2/c1-13(2)4-7-16(19-10-8-18-9-11-19)15-6-5-14(20)12-17(15)21-3/h5-6,12-13,16,18,20H,4,7-11H2,1-3H3/t16-/m0/s1. The van der Waals surface area contributed by atoms with Gasteiger partial charge in [-0.1, -0.05) is 19.9 Å². The van der Waals surface area contributed by atoms with Crippen molar-refractivity contribution in [2.24, 2.45) is 5.92 Å². The number of ether oxygens (including phenoxy) is 1. The molecule has 1 saturated heterocycles. The van der Waals surface area contributed by atoms with E-state index in [0.717, 1.165) is 38.3 Å². The molecule has 4 nitrogen and oxygen atoms in total. The molecule has 4 heteroatoms. The van der Waals surface area contributed by atoms with Crippen LogP contribution in [0.5, 0.6) is 11.5 Å². The van der Waals surface area contributed by atoms with Crippen molar-refractivity contribution in [3.8, 4) is 11.5 Å². The summed E-state index contributed by atoms with van der Waals surface area (Å²) in [5.74, 6) is 1.75. The Labute approximate surface area is 128 Å². The molecule has 0 saturated carbocycles. The third kappa shape index (κ3) is 4.35. The average molecular weight is 292 g/mol. The van der Waals surface area contributed by atoms with Crippen molar-refractivity contribution in [1.82, 2.24) is 10.2 Å². The smallest absolute Gasteiger partial charge is 0.127 e. The molecule has 0 unspecified atom stereocenters. The van der Waals surface area contributed by atoms with Crippen LogP contribution < -0.4 is 10.1 Å². The molecule has 1 fully saturated rings. The van der Waals surface area contributed by atoms with E-state index in [9.17, 15) is 5.11 Å². The van der Waals surface area contributed by atoms with Crippen LogP contribution in [0.4, 0.5) is 0 Å². The normalized spacial score (nSPS) is 17.9. The molecule has 1 aliphatic rings. The molecular formula is C17H28N2O2. The molecule has 0 aromatic heterocycles. The summed E-state index contributed by atoms with van der Waals surface area (Å²) in [4.78, 5) is 2.54. The van der Waals surface area contributed by atoms with E-state index in [1.54, 1.807) is 19.2 Å². The van der Waals surface area contributed by atoms with E-state index in [4.69, 9.17) is 4.74 Å². The van der Waals surface area contributed by atoms with Crippen molar-refractivity contribution in [1.29, 1.82) is 0 Å². The first kappa shape index (κ1) is 16.1. The minimum Gasteiger partial charge on any atom is -0.508 e. The molecule has 0 aliphatic carbocycles. The molecular weight excluding hydrogens is 264 g/mol. The minimum atomic E-state index is 0.263. The number of benzene rings is 1. The van der Waals surface area contributed by atoms with E-state index in [1.165, 1.54) is 12.0 Å². The Hall–Kier alpha value is -1.26. The number of hydrogen-bond donors (Lipinski definition) is 2. The monoisotopic (exact) mass is 292 g/mol. The van der Waals surface area contributed by atoms with Crippen LogP contribution in [0.2, 0.25) is 0 Å². The lowest BCUT2D eigenvalue weighted by Gasteiger charge is -2.36. The maximum Gasteiger partial charge on any atom is 0.127 e. The van der Waals surface area contributed by atoms with Crippen molar-refractivity contribution in [2.45, 2.75) is 32.7 Å². The van der Waals surface area contributed by atoms with Gasteiger partial charge in [0.05, 0.1) is 7.11 Å². The molecule has 1 heterocycles. The number of methoxy groups -OCH3 is 1. The molecule has 118 valence electrons. The SMILES string of the molecule is COc1cc(O)ccc1[C@H](CCC(C)C)N1CCNCC1. The molecule has 1 aromatic carbocycles. The number of nitrogens with one attached hydrogen (secondary N) is 1. The molecule has 2 N–H and O–H groups in total. The van der Waals surface area contributed by atoms with Gasteiger partial charge in [-0.05, 0) is 24.8 Å². The van der Waals surface area contributed by atoms with Crippen molar-refractivity contribution in [3.05, 3.63) is 23.8 Å². The molecule has 1 aromatic rings. The second kappa shape index (κ2) is 7.66. The zero-order chi connectivity index (χ0) is 15.2. The number of piperazine rings is 1. The summed E-state index contributed by atoms with van der Waals surface area (Å²) in [5.41, 5.74) is 1.19. The summed E-state index contributed by atoms with van der Waals surface area (Å²) < 4.78 is 5.50. The Balaban J connectivity index is 2.24. The van der Waals surface area contributed by atoms with Gasteiger partial charge in [0.2, 0.25) is 0 Å². The van der Waals surface area contributed by atoms with Crippen LogP contribution >= 0.6 is 0 Å². The van der Waals surface area contributed by atoms with Crippen LogP contribution in [0.15, 0.2) is 18.2 Å². The van der Waals surface area contributed by atoms with E-state index in [-0.39, 0.29) is 5.75 Å². The fourth-order valence-electron chi connectivity index (χ4n) is 2.99. The Morgan fingerprint density at radius 2 is 1.95 bits per heavy atom. The molecule has 1 atom stereocenters. The van der Waals surface area contributed by atoms with E-state index in [0.29, 0.717) is 12.0 Å². The molecule has 0 amide bonds. The highest BCUT2D eigenvalue weighted by Crippen LogP contribution is 2.35. The summed E-state index contributed by atoms with van der Waals surface area (Å²) in [5, 5.41) is 13.1. The van der Waals surface area contributed by atoms with Gasteiger partial charge in [0.25, 0.3) is 0 Å². The van der Waals surface area contributed by atoms with E-state index >= 15 is 0 Å². The second-order valence-corrected chi connectivity index (χ2v) is 6.20. The number of phenols is 1. The zero-order valence-corrected chi connectivity index (χ0v) is 13.4. The van der Waals surface area contributed by atoms with Gasteiger partial charge >= 0.3 is 0 Å². The van der Waals surface area contributed by atoms with Crippen LogP contribution in [-0.2, 0) is 0 Å². The number of hydrogen-bond acceptors (Lipinski definition) is 4. The molecule has 0 bridgehead atoms. The Morgan fingerprint density at radius 3 is 2.57 bits per heavy atom. The molecule has 1 aliphatic heterocycles. The van der Waals surface area contributed by atoms with Gasteiger partial charge in [-0.3, -0.25) is 4.90 Å². The Kier molecular flexibility index (Phi) is 5.88. The lowest BCUT2D eigenvalue weighted by Crippen LogP contribution is -2.45. The lowest BCUT2D eigenvalue weighted by molar-refractivity contribution is 0.157. The Morgan fingerprint density at radius 1 is 1.24 bits per heavy atom. The van der Waals surface area contributed by atoms with Crippen molar-refractivity contribution >= 4 is 0 Å². The van der Waals surface area contributed by atoms with Gasteiger partial charge in [0.1, 0.15) is 11.5 Å². The van der Waals surface area contributed by atoms with Crippen LogP contribution in [0.1, 0.15) is 38.3 Å². The van der Waals surface area contributed by atoms with Crippen LogP contribution in [0.3, 0.4) is 0 Å².